The zero-order chi connectivity index (χ0) is 14.0. The van der Waals surface area contributed by atoms with Crippen molar-refractivity contribution in [3.63, 3.8) is 0 Å². The second kappa shape index (κ2) is 6.03. The Bertz CT molecular complexity index is 616. The van der Waals surface area contributed by atoms with Crippen LogP contribution in [0.5, 0.6) is 0 Å². The lowest BCUT2D eigenvalue weighted by Gasteiger charge is -2.17. The van der Waals surface area contributed by atoms with Gasteiger partial charge in [-0.3, -0.25) is 4.79 Å². The molecule has 2 rings (SSSR count). The lowest BCUT2D eigenvalue weighted by Crippen LogP contribution is -2.26. The molecule has 0 saturated heterocycles. The first-order chi connectivity index (χ1) is 8.97. The molecular formula is C13H10BrClFNOS. The van der Waals surface area contributed by atoms with Crippen molar-refractivity contribution in [3.05, 3.63) is 55.4 Å². The third kappa shape index (κ3) is 3.55. The van der Waals surface area contributed by atoms with Gasteiger partial charge >= 0.3 is 0 Å². The van der Waals surface area contributed by atoms with Crippen molar-refractivity contribution < 1.29 is 9.18 Å². The fourth-order valence-corrected chi connectivity index (χ4v) is 3.27. The van der Waals surface area contributed by atoms with Gasteiger partial charge in [-0.2, -0.15) is 0 Å². The number of halogens is 3. The molecule has 1 amide bonds. The Kier molecular flexibility index (Phi) is 4.60. The van der Waals surface area contributed by atoms with Gasteiger partial charge in [0.05, 0.1) is 16.4 Å². The lowest BCUT2D eigenvalue weighted by molar-refractivity contribution is 0.0785. The lowest BCUT2D eigenvalue weighted by atomic mass is 10.2. The van der Waals surface area contributed by atoms with Crippen molar-refractivity contribution in [2.45, 2.75) is 6.54 Å². The highest BCUT2D eigenvalue weighted by molar-refractivity contribution is 9.10. The molecule has 0 spiro atoms. The van der Waals surface area contributed by atoms with Crippen LogP contribution in [0.25, 0.3) is 0 Å². The van der Waals surface area contributed by atoms with Crippen LogP contribution in [0.3, 0.4) is 0 Å². The number of thiophene rings is 1. The maximum Gasteiger partial charge on any atom is 0.255 e. The highest BCUT2D eigenvalue weighted by Crippen LogP contribution is 2.24. The van der Waals surface area contributed by atoms with E-state index in [-0.39, 0.29) is 11.7 Å². The van der Waals surface area contributed by atoms with Gasteiger partial charge in [0, 0.05) is 16.4 Å². The van der Waals surface area contributed by atoms with Gasteiger partial charge in [0.2, 0.25) is 0 Å². The van der Waals surface area contributed by atoms with E-state index in [0.717, 1.165) is 4.88 Å². The van der Waals surface area contributed by atoms with Gasteiger partial charge in [-0.15, -0.1) is 11.3 Å². The van der Waals surface area contributed by atoms with E-state index in [1.165, 1.54) is 29.5 Å². The third-order valence-electron chi connectivity index (χ3n) is 2.53. The molecule has 1 heterocycles. The molecule has 0 N–H and O–H groups in total. The zero-order valence-electron chi connectivity index (χ0n) is 9.99. The monoisotopic (exact) mass is 361 g/mol. The molecule has 1 aromatic carbocycles. The second-order valence-electron chi connectivity index (χ2n) is 3.99. The average molecular weight is 363 g/mol. The number of hydrogen-bond donors (Lipinski definition) is 0. The first-order valence-electron chi connectivity index (χ1n) is 5.42. The van der Waals surface area contributed by atoms with Crippen molar-refractivity contribution in [1.29, 1.82) is 0 Å². The number of nitrogens with zero attached hydrogens (tertiary/aromatic N) is 1. The number of carbonyl (C=O) groups is 1. The van der Waals surface area contributed by atoms with Gasteiger partial charge in [-0.05, 0) is 46.3 Å². The fraction of sp³-hybridized carbons (Fsp3) is 0.154. The summed E-state index contributed by atoms with van der Waals surface area (Å²) >= 11 is 10.5. The maximum absolute atomic E-state index is 13.0. The quantitative estimate of drug-likeness (QED) is 0.783. The molecule has 0 fully saturated rings. The molecule has 0 saturated carbocycles. The molecule has 1 aromatic heterocycles. The van der Waals surface area contributed by atoms with Crippen LogP contribution < -0.4 is 0 Å². The Hall–Kier alpha value is -0.910. The van der Waals surface area contributed by atoms with Gasteiger partial charge < -0.3 is 4.90 Å². The molecule has 19 heavy (non-hydrogen) atoms. The minimum Gasteiger partial charge on any atom is -0.337 e. The molecule has 0 aliphatic rings. The van der Waals surface area contributed by atoms with E-state index >= 15 is 0 Å². The van der Waals surface area contributed by atoms with Gasteiger partial charge in [-0.1, -0.05) is 11.6 Å². The van der Waals surface area contributed by atoms with Gasteiger partial charge in [-0.25, -0.2) is 4.39 Å². The molecule has 2 nitrogen and oxygen atoms in total. The van der Waals surface area contributed by atoms with E-state index in [9.17, 15) is 9.18 Å². The Morgan fingerprint density at radius 3 is 2.74 bits per heavy atom. The van der Waals surface area contributed by atoms with Crippen LogP contribution in [-0.2, 0) is 6.54 Å². The highest BCUT2D eigenvalue weighted by Gasteiger charge is 2.16. The van der Waals surface area contributed by atoms with Crippen LogP contribution in [0.2, 0.25) is 4.34 Å². The van der Waals surface area contributed by atoms with E-state index in [1.54, 1.807) is 18.0 Å². The number of hydrogen-bond acceptors (Lipinski definition) is 2. The molecule has 6 heteroatoms. The van der Waals surface area contributed by atoms with Crippen LogP contribution in [0.4, 0.5) is 4.39 Å². The van der Waals surface area contributed by atoms with Crippen LogP contribution in [0.1, 0.15) is 15.2 Å². The molecule has 0 bridgehead atoms. The van der Waals surface area contributed by atoms with E-state index in [0.29, 0.717) is 20.9 Å². The smallest absolute Gasteiger partial charge is 0.255 e. The Morgan fingerprint density at radius 1 is 1.42 bits per heavy atom. The Labute approximate surface area is 127 Å². The van der Waals surface area contributed by atoms with Crippen LogP contribution >= 0.6 is 38.9 Å². The Morgan fingerprint density at radius 2 is 2.16 bits per heavy atom. The summed E-state index contributed by atoms with van der Waals surface area (Å²) in [5.41, 5.74) is 0.437. The molecule has 2 aromatic rings. The Balaban J connectivity index is 2.14. The number of rotatable bonds is 3. The van der Waals surface area contributed by atoms with Crippen LogP contribution in [0, 0.1) is 5.82 Å². The second-order valence-corrected chi connectivity index (χ2v) is 6.65. The van der Waals surface area contributed by atoms with Crippen molar-refractivity contribution in [1.82, 2.24) is 4.90 Å². The highest BCUT2D eigenvalue weighted by atomic mass is 79.9. The zero-order valence-corrected chi connectivity index (χ0v) is 13.1. The maximum atomic E-state index is 13.0. The van der Waals surface area contributed by atoms with Crippen molar-refractivity contribution in [3.8, 4) is 0 Å². The standard InChI is InChI=1S/C13H10BrClFNOS/c1-17(7-9-3-5-12(15)19-9)13(18)10-4-2-8(16)6-11(10)14/h2-6H,7H2,1H3. The van der Waals surface area contributed by atoms with E-state index in [4.69, 9.17) is 11.6 Å². The number of carbonyl (C=O) groups excluding carboxylic acids is 1. The molecule has 0 aliphatic heterocycles. The topological polar surface area (TPSA) is 20.3 Å². The van der Waals surface area contributed by atoms with Crippen molar-refractivity contribution in [2.75, 3.05) is 7.05 Å². The molecule has 100 valence electrons. The van der Waals surface area contributed by atoms with Crippen LogP contribution in [0.15, 0.2) is 34.8 Å². The minimum atomic E-state index is -0.379. The predicted octanol–water partition coefficient (Wildman–Crippen LogP) is 4.58. The molecule has 0 unspecified atom stereocenters. The molecule has 0 radical (unpaired) electrons. The summed E-state index contributed by atoms with van der Waals surface area (Å²) in [6.07, 6.45) is 0. The largest absolute Gasteiger partial charge is 0.337 e. The summed E-state index contributed by atoms with van der Waals surface area (Å²) in [5, 5.41) is 0. The van der Waals surface area contributed by atoms with E-state index in [1.807, 2.05) is 6.07 Å². The first-order valence-corrected chi connectivity index (χ1v) is 7.41. The first kappa shape index (κ1) is 14.5. The SMILES string of the molecule is CN(Cc1ccc(Cl)s1)C(=O)c1ccc(F)cc1Br. The normalized spacial score (nSPS) is 10.5. The molecular weight excluding hydrogens is 353 g/mol. The van der Waals surface area contributed by atoms with E-state index in [2.05, 4.69) is 15.9 Å². The predicted molar refractivity (Wildman–Crippen MR) is 79.2 cm³/mol. The van der Waals surface area contributed by atoms with Crippen molar-refractivity contribution in [2.24, 2.45) is 0 Å². The summed E-state index contributed by atoms with van der Waals surface area (Å²) in [4.78, 5) is 14.8. The van der Waals surface area contributed by atoms with Gasteiger partial charge in [0.25, 0.3) is 5.91 Å². The third-order valence-corrected chi connectivity index (χ3v) is 4.40. The summed E-state index contributed by atoms with van der Waals surface area (Å²) in [7, 11) is 1.70. The van der Waals surface area contributed by atoms with E-state index < -0.39 is 0 Å². The number of benzene rings is 1. The minimum absolute atomic E-state index is 0.170. The average Bonchev–Trinajstić information content (AvgIpc) is 2.74. The summed E-state index contributed by atoms with van der Waals surface area (Å²) in [6, 6.07) is 7.71. The fourth-order valence-electron chi connectivity index (χ4n) is 1.61. The number of amides is 1. The van der Waals surface area contributed by atoms with Gasteiger partial charge in [0.1, 0.15) is 5.82 Å². The molecule has 0 aliphatic carbocycles. The summed E-state index contributed by atoms with van der Waals surface area (Å²) < 4.78 is 14.1. The molecule has 0 atom stereocenters. The van der Waals surface area contributed by atoms with Crippen molar-refractivity contribution >= 4 is 44.8 Å². The van der Waals surface area contributed by atoms with Gasteiger partial charge in [0.15, 0.2) is 0 Å². The summed E-state index contributed by atoms with van der Waals surface area (Å²) in [6.45, 7) is 0.472. The van der Waals surface area contributed by atoms with Crippen LogP contribution in [-0.4, -0.2) is 17.9 Å². The summed E-state index contributed by atoms with van der Waals surface area (Å²) in [5.74, 6) is -0.549.